The highest BCUT2D eigenvalue weighted by Crippen LogP contribution is 2.32. The van der Waals surface area contributed by atoms with E-state index in [4.69, 9.17) is 4.74 Å². The second kappa shape index (κ2) is 8.77. The Morgan fingerprint density at radius 1 is 0.969 bits per heavy atom. The quantitative estimate of drug-likeness (QED) is 0.346. The van der Waals surface area contributed by atoms with E-state index in [1.165, 1.54) is 22.2 Å². The molecule has 0 aliphatic rings. The molecule has 0 spiro atoms. The second-order valence-corrected chi connectivity index (χ2v) is 8.38. The van der Waals surface area contributed by atoms with Gasteiger partial charge in [0.05, 0.1) is 18.3 Å². The first-order chi connectivity index (χ1) is 15.7. The van der Waals surface area contributed by atoms with Crippen LogP contribution >= 0.6 is 11.3 Å². The lowest BCUT2D eigenvalue weighted by atomic mass is 10.0. The Bertz CT molecular complexity index is 1470. The third kappa shape index (κ3) is 4.05. The third-order valence-corrected chi connectivity index (χ3v) is 6.30. The van der Waals surface area contributed by atoms with E-state index in [-0.39, 0.29) is 18.7 Å². The molecule has 6 heteroatoms. The van der Waals surface area contributed by atoms with E-state index in [2.05, 4.69) is 23.2 Å². The van der Waals surface area contributed by atoms with E-state index in [9.17, 15) is 9.59 Å². The van der Waals surface area contributed by atoms with E-state index in [0.717, 1.165) is 27.5 Å². The van der Waals surface area contributed by atoms with Crippen molar-refractivity contribution < 1.29 is 9.53 Å². The number of esters is 1. The predicted octanol–water partition coefficient (Wildman–Crippen LogP) is 5.06. The molecule has 0 radical (unpaired) electrons. The zero-order chi connectivity index (χ0) is 21.9. The van der Waals surface area contributed by atoms with Gasteiger partial charge in [0.25, 0.3) is 5.56 Å². The van der Waals surface area contributed by atoms with Gasteiger partial charge in [-0.05, 0) is 28.0 Å². The first-order valence-electron chi connectivity index (χ1n) is 10.3. The smallest absolute Gasteiger partial charge is 0.326 e. The minimum atomic E-state index is -0.452. The van der Waals surface area contributed by atoms with Crippen molar-refractivity contribution in [2.75, 3.05) is 6.61 Å². The minimum absolute atomic E-state index is 0.163. The fourth-order valence-corrected chi connectivity index (χ4v) is 4.67. The van der Waals surface area contributed by atoms with Gasteiger partial charge in [0.15, 0.2) is 0 Å². The number of ether oxygens (including phenoxy) is 1. The summed E-state index contributed by atoms with van der Waals surface area (Å²) in [5, 5.41) is 4.73. The van der Waals surface area contributed by atoms with E-state index >= 15 is 0 Å². The van der Waals surface area contributed by atoms with Gasteiger partial charge in [-0.25, -0.2) is 4.98 Å². The highest BCUT2D eigenvalue weighted by molar-refractivity contribution is 7.17. The van der Waals surface area contributed by atoms with Crippen molar-refractivity contribution in [2.24, 2.45) is 0 Å². The largest absolute Gasteiger partial charge is 0.464 e. The first-order valence-corrected chi connectivity index (χ1v) is 11.2. The average Bonchev–Trinajstić information content (AvgIpc) is 3.26. The number of hydrogen-bond acceptors (Lipinski definition) is 5. The van der Waals surface area contributed by atoms with Crippen molar-refractivity contribution in [3.8, 4) is 11.1 Å². The predicted molar refractivity (Wildman–Crippen MR) is 128 cm³/mol. The summed E-state index contributed by atoms with van der Waals surface area (Å²) in [6, 6.07) is 24.1. The Balaban J connectivity index is 1.38. The Morgan fingerprint density at radius 2 is 1.75 bits per heavy atom. The maximum Gasteiger partial charge on any atom is 0.326 e. The van der Waals surface area contributed by atoms with Crippen molar-refractivity contribution in [2.45, 2.75) is 13.0 Å². The molecule has 0 aliphatic heterocycles. The van der Waals surface area contributed by atoms with Crippen molar-refractivity contribution >= 4 is 38.3 Å². The molecule has 0 atom stereocenters. The van der Waals surface area contributed by atoms with Crippen LogP contribution in [0, 0.1) is 0 Å². The Morgan fingerprint density at radius 3 is 2.59 bits per heavy atom. The van der Waals surface area contributed by atoms with Gasteiger partial charge < -0.3 is 4.74 Å². The zero-order valence-corrected chi connectivity index (χ0v) is 18.0. The molecule has 2 heterocycles. The second-order valence-electron chi connectivity index (χ2n) is 7.53. The number of hydrogen-bond donors (Lipinski definition) is 0. The fourth-order valence-electron chi connectivity index (χ4n) is 3.76. The Hall–Kier alpha value is -3.77. The van der Waals surface area contributed by atoms with Crippen molar-refractivity contribution in [1.29, 1.82) is 0 Å². The van der Waals surface area contributed by atoms with Crippen molar-refractivity contribution in [1.82, 2.24) is 9.55 Å². The molecule has 0 N–H and O–H groups in total. The summed E-state index contributed by atoms with van der Waals surface area (Å²) in [4.78, 5) is 30.6. The van der Waals surface area contributed by atoms with Gasteiger partial charge in [-0.2, -0.15) is 0 Å². The summed E-state index contributed by atoms with van der Waals surface area (Å²) < 4.78 is 6.66. The van der Waals surface area contributed by atoms with Crippen LogP contribution in [0.2, 0.25) is 0 Å². The molecular formula is C26H20N2O3S. The van der Waals surface area contributed by atoms with E-state index < -0.39 is 5.97 Å². The average molecular weight is 441 g/mol. The van der Waals surface area contributed by atoms with Gasteiger partial charge in [-0.3, -0.25) is 14.2 Å². The highest BCUT2D eigenvalue weighted by atomic mass is 32.1. The fraction of sp³-hybridized carbons (Fsp3) is 0.115. The summed E-state index contributed by atoms with van der Waals surface area (Å²) in [6.45, 7) is 0.109. The van der Waals surface area contributed by atoms with Crippen LogP contribution in [0.5, 0.6) is 0 Å². The number of fused-ring (bicyclic) bond motifs is 2. The van der Waals surface area contributed by atoms with Crippen LogP contribution in [0.4, 0.5) is 0 Å². The van der Waals surface area contributed by atoms with Crippen LogP contribution < -0.4 is 5.56 Å². The number of nitrogens with zero attached hydrogens (tertiary/aromatic N) is 2. The van der Waals surface area contributed by atoms with Crippen LogP contribution in [0.1, 0.15) is 5.56 Å². The van der Waals surface area contributed by atoms with Crippen molar-refractivity contribution in [3.63, 3.8) is 0 Å². The van der Waals surface area contributed by atoms with Gasteiger partial charge >= 0.3 is 5.97 Å². The minimum Gasteiger partial charge on any atom is -0.464 e. The molecule has 0 amide bonds. The molecule has 5 aromatic rings. The third-order valence-electron chi connectivity index (χ3n) is 5.42. The lowest BCUT2D eigenvalue weighted by molar-refractivity contribution is -0.144. The van der Waals surface area contributed by atoms with Crippen molar-refractivity contribution in [3.05, 3.63) is 100 Å². The monoisotopic (exact) mass is 440 g/mol. The van der Waals surface area contributed by atoms with Crippen LogP contribution in [0.15, 0.2) is 89.3 Å². The van der Waals surface area contributed by atoms with Gasteiger partial charge in [0.1, 0.15) is 11.4 Å². The SMILES string of the molecule is O=C(Cn1cnc2scc(-c3ccc4ccccc4c3)c2c1=O)OCCc1ccccc1. The van der Waals surface area contributed by atoms with E-state index in [1.54, 1.807) is 0 Å². The van der Waals surface area contributed by atoms with Crippen LogP contribution in [0.25, 0.3) is 32.1 Å². The van der Waals surface area contributed by atoms with E-state index in [1.807, 2.05) is 60.0 Å². The number of carbonyl (C=O) groups excluding carboxylic acids is 1. The summed E-state index contributed by atoms with van der Waals surface area (Å²) in [5.74, 6) is -0.452. The van der Waals surface area contributed by atoms with Crippen LogP contribution in [0.3, 0.4) is 0 Å². The molecule has 0 aliphatic carbocycles. The van der Waals surface area contributed by atoms with Crippen LogP contribution in [-0.4, -0.2) is 22.1 Å². The highest BCUT2D eigenvalue weighted by Gasteiger charge is 2.15. The molecule has 32 heavy (non-hydrogen) atoms. The Kier molecular flexibility index (Phi) is 5.52. The number of carbonyl (C=O) groups is 1. The molecule has 0 saturated carbocycles. The zero-order valence-electron chi connectivity index (χ0n) is 17.2. The molecule has 3 aromatic carbocycles. The standard InChI is InChI=1S/C26H20N2O3S/c29-23(31-13-12-18-6-2-1-3-7-18)15-28-17-27-25-24(26(28)30)22(16-32-25)21-11-10-19-8-4-5-9-20(19)14-21/h1-11,14,16-17H,12-13,15H2. The van der Waals surface area contributed by atoms with Gasteiger partial charge in [-0.15, -0.1) is 11.3 Å². The molecule has 0 saturated heterocycles. The normalized spacial score (nSPS) is 11.1. The number of benzene rings is 3. The molecule has 2 aromatic heterocycles. The number of thiophene rings is 1. The summed E-state index contributed by atoms with van der Waals surface area (Å²) in [5.41, 5.74) is 2.65. The molecule has 0 fully saturated rings. The maximum absolute atomic E-state index is 13.2. The molecule has 0 unspecified atom stereocenters. The van der Waals surface area contributed by atoms with Gasteiger partial charge in [-0.1, -0.05) is 66.7 Å². The van der Waals surface area contributed by atoms with Gasteiger partial charge in [0.2, 0.25) is 0 Å². The molecule has 5 nitrogen and oxygen atoms in total. The molecule has 5 rings (SSSR count). The summed E-state index contributed by atoms with van der Waals surface area (Å²) in [7, 11) is 0. The lowest BCUT2D eigenvalue weighted by Crippen LogP contribution is -2.26. The number of rotatable bonds is 6. The lowest BCUT2D eigenvalue weighted by Gasteiger charge is -2.08. The maximum atomic E-state index is 13.2. The number of aromatic nitrogens is 2. The van der Waals surface area contributed by atoms with Crippen LogP contribution in [-0.2, 0) is 22.5 Å². The summed E-state index contributed by atoms with van der Waals surface area (Å²) >= 11 is 1.43. The van der Waals surface area contributed by atoms with E-state index in [0.29, 0.717) is 16.6 Å². The topological polar surface area (TPSA) is 61.2 Å². The van der Waals surface area contributed by atoms with Gasteiger partial charge in [0, 0.05) is 17.4 Å². The Labute approximate surface area is 188 Å². The summed E-state index contributed by atoms with van der Waals surface area (Å²) in [6.07, 6.45) is 2.05. The molecular weight excluding hydrogens is 420 g/mol. The molecule has 158 valence electrons. The first kappa shape index (κ1) is 20.2. The molecule has 0 bridgehead atoms.